The van der Waals surface area contributed by atoms with Crippen molar-refractivity contribution in [2.45, 2.75) is 0 Å². The van der Waals surface area contributed by atoms with Crippen molar-refractivity contribution in [2.24, 2.45) is 0 Å². The van der Waals surface area contributed by atoms with Gasteiger partial charge in [-0.05, 0) is 0 Å². The van der Waals surface area contributed by atoms with E-state index in [2.05, 4.69) is 115 Å². The molecular formula is C27H20ClNPSe+. The molecule has 0 bridgehead atoms. The number of benzene rings is 4. The molecule has 1 aromatic heterocycles. The Balaban J connectivity index is 1.87. The Labute approximate surface area is 194 Å². The molecule has 0 aliphatic carbocycles. The fourth-order valence-electron chi connectivity index (χ4n) is 3.97. The normalized spacial score (nSPS) is 11.4. The van der Waals surface area contributed by atoms with Crippen LogP contribution in [0.1, 0.15) is 0 Å². The van der Waals surface area contributed by atoms with Crippen LogP contribution in [0.3, 0.4) is 0 Å². The van der Waals surface area contributed by atoms with Crippen molar-refractivity contribution in [3.63, 3.8) is 0 Å². The molecule has 5 rings (SSSR count). The van der Waals surface area contributed by atoms with Crippen LogP contribution in [-0.4, -0.2) is 19.5 Å². The van der Waals surface area contributed by atoms with E-state index in [0.717, 1.165) is 19.5 Å². The second kappa shape index (κ2) is 8.95. The van der Waals surface area contributed by atoms with Crippen LogP contribution in [0, 0.1) is 0 Å². The number of hydrogen-bond acceptors (Lipinski definition) is 1. The number of halogens is 1. The van der Waals surface area contributed by atoms with Crippen molar-refractivity contribution in [2.75, 3.05) is 0 Å². The molecule has 150 valence electrons. The summed E-state index contributed by atoms with van der Waals surface area (Å²) in [5, 5.41) is 3.82. The summed E-state index contributed by atoms with van der Waals surface area (Å²) in [7, 11) is -2.24. The summed E-state index contributed by atoms with van der Waals surface area (Å²) >= 11 is 7.07. The van der Waals surface area contributed by atoms with Gasteiger partial charge in [0.2, 0.25) is 0 Å². The number of aromatic nitrogens is 1. The Morgan fingerprint density at radius 2 is 0.935 bits per heavy atom. The van der Waals surface area contributed by atoms with E-state index in [1.165, 1.54) is 15.9 Å². The fourth-order valence-corrected chi connectivity index (χ4v) is 11.5. The summed E-state index contributed by atoms with van der Waals surface area (Å²) in [6, 6.07) is 42.7. The monoisotopic (exact) mass is 504 g/mol. The van der Waals surface area contributed by atoms with Crippen LogP contribution in [0.2, 0.25) is 3.90 Å². The van der Waals surface area contributed by atoms with Gasteiger partial charge in [0.1, 0.15) is 0 Å². The van der Waals surface area contributed by atoms with Crippen molar-refractivity contribution in [3.8, 4) is 10.1 Å². The van der Waals surface area contributed by atoms with E-state index in [9.17, 15) is 0 Å². The molecule has 5 aromatic rings. The van der Waals surface area contributed by atoms with Gasteiger partial charge in [0.05, 0.1) is 0 Å². The van der Waals surface area contributed by atoms with Crippen LogP contribution < -0.4 is 21.3 Å². The van der Waals surface area contributed by atoms with Crippen molar-refractivity contribution < 1.29 is 0 Å². The molecule has 0 spiro atoms. The first kappa shape index (κ1) is 20.4. The third-order valence-corrected chi connectivity index (χ3v) is 12.4. The van der Waals surface area contributed by atoms with Gasteiger partial charge in [-0.3, -0.25) is 0 Å². The molecule has 0 fully saturated rings. The van der Waals surface area contributed by atoms with Gasteiger partial charge in [-0.2, -0.15) is 0 Å². The topological polar surface area (TPSA) is 12.9 Å². The Kier molecular flexibility index (Phi) is 5.90. The van der Waals surface area contributed by atoms with E-state index < -0.39 is 7.26 Å². The second-order valence-electron chi connectivity index (χ2n) is 7.16. The molecule has 0 aliphatic rings. The van der Waals surface area contributed by atoms with Gasteiger partial charge in [-0.15, -0.1) is 0 Å². The summed E-state index contributed by atoms with van der Waals surface area (Å²) in [6.45, 7) is 0. The molecule has 0 N–H and O–H groups in total. The van der Waals surface area contributed by atoms with Crippen molar-refractivity contribution >= 4 is 54.7 Å². The summed E-state index contributed by atoms with van der Waals surface area (Å²) in [6.07, 6.45) is 0. The Morgan fingerprint density at radius 1 is 0.548 bits per heavy atom. The second-order valence-corrected chi connectivity index (χ2v) is 13.5. The molecular weight excluding hydrogens is 484 g/mol. The van der Waals surface area contributed by atoms with Gasteiger partial charge in [0, 0.05) is 0 Å². The van der Waals surface area contributed by atoms with Gasteiger partial charge in [0.15, 0.2) is 0 Å². The van der Waals surface area contributed by atoms with Crippen molar-refractivity contribution in [1.29, 1.82) is 0 Å². The fraction of sp³-hybridized carbons (Fsp3) is 0. The summed E-state index contributed by atoms with van der Waals surface area (Å²) in [4.78, 5) is 5.28. The van der Waals surface area contributed by atoms with Crippen LogP contribution in [0.5, 0.6) is 0 Å². The van der Waals surface area contributed by atoms with E-state index in [1.807, 2.05) is 6.07 Å². The molecule has 0 saturated carbocycles. The van der Waals surface area contributed by atoms with Crippen LogP contribution in [0.25, 0.3) is 10.1 Å². The van der Waals surface area contributed by atoms with Crippen LogP contribution in [0.4, 0.5) is 0 Å². The van der Waals surface area contributed by atoms with Crippen molar-refractivity contribution in [3.05, 3.63) is 125 Å². The summed E-state index contributed by atoms with van der Waals surface area (Å²) in [5.74, 6) is 0. The molecule has 1 heterocycles. The van der Waals surface area contributed by atoms with E-state index in [-0.39, 0.29) is 14.5 Å². The van der Waals surface area contributed by atoms with E-state index in [4.69, 9.17) is 16.6 Å². The van der Waals surface area contributed by atoms with Gasteiger partial charge in [-0.1, -0.05) is 0 Å². The molecule has 4 heteroatoms. The average Bonchev–Trinajstić information content (AvgIpc) is 3.24. The van der Waals surface area contributed by atoms with E-state index in [1.54, 1.807) is 0 Å². The predicted octanol–water partition coefficient (Wildman–Crippen LogP) is 5.08. The maximum atomic E-state index is 7.08. The zero-order valence-corrected chi connectivity index (χ0v) is 20.1. The van der Waals surface area contributed by atoms with Gasteiger partial charge in [-0.25, -0.2) is 0 Å². The third-order valence-electron chi connectivity index (χ3n) is 5.34. The maximum absolute atomic E-state index is 7.08. The summed E-state index contributed by atoms with van der Waals surface area (Å²) < 4.78 is 2.00. The van der Waals surface area contributed by atoms with Crippen molar-refractivity contribution in [1.82, 2.24) is 4.98 Å². The van der Waals surface area contributed by atoms with Gasteiger partial charge in [0.25, 0.3) is 0 Å². The molecule has 4 aromatic carbocycles. The summed E-state index contributed by atoms with van der Waals surface area (Å²) in [5.41, 5.74) is 2.19. The quantitative estimate of drug-likeness (QED) is 0.241. The number of hydrogen-bond donors (Lipinski definition) is 0. The Bertz CT molecular complexity index is 1180. The SMILES string of the molecule is Clc1[se]c(-c2ccccc2)nc1[P+](c1ccccc1)(c1ccccc1)c1ccccc1. The zero-order chi connectivity index (χ0) is 21.1. The first-order valence-electron chi connectivity index (χ1n) is 10.1. The van der Waals surface area contributed by atoms with Crippen LogP contribution in [-0.2, 0) is 0 Å². The molecule has 31 heavy (non-hydrogen) atoms. The minimum atomic E-state index is -2.24. The van der Waals surface area contributed by atoms with E-state index in [0.29, 0.717) is 0 Å². The average molecular weight is 504 g/mol. The standard InChI is InChI=1S/C27H20ClNPSe/c28-25-26(29-27(31-25)21-13-5-1-6-14-21)30(22-15-7-2-8-16-22,23-17-9-3-10-18-23)24-19-11-4-12-20-24/h1-20H/q+1. The molecule has 0 aliphatic heterocycles. The number of rotatable bonds is 5. The Hall–Kier alpha value is -2.47. The first-order valence-corrected chi connectivity index (χ1v) is 14.0. The minimum absolute atomic E-state index is 0.0121. The van der Waals surface area contributed by atoms with Gasteiger partial charge < -0.3 is 0 Å². The zero-order valence-electron chi connectivity index (χ0n) is 16.7. The van der Waals surface area contributed by atoms with Crippen LogP contribution >= 0.6 is 18.9 Å². The number of nitrogens with zero attached hydrogens (tertiary/aromatic N) is 1. The molecule has 1 nitrogen and oxygen atoms in total. The molecule has 0 saturated heterocycles. The predicted molar refractivity (Wildman–Crippen MR) is 136 cm³/mol. The Morgan fingerprint density at radius 3 is 1.35 bits per heavy atom. The third kappa shape index (κ3) is 3.71. The van der Waals surface area contributed by atoms with Crippen LogP contribution in [0.15, 0.2) is 121 Å². The molecule has 0 unspecified atom stereocenters. The first-order chi connectivity index (χ1) is 15.3. The molecule has 0 radical (unpaired) electrons. The molecule has 0 amide bonds. The molecule has 0 atom stereocenters. The van der Waals surface area contributed by atoms with E-state index >= 15 is 0 Å². The van der Waals surface area contributed by atoms with Gasteiger partial charge >= 0.3 is 195 Å².